The summed E-state index contributed by atoms with van der Waals surface area (Å²) in [5, 5.41) is 70.2. The third kappa shape index (κ3) is 12.7. The Morgan fingerprint density at radius 2 is 1.26 bits per heavy atom. The first kappa shape index (κ1) is 42.7. The van der Waals surface area contributed by atoms with E-state index in [0.717, 1.165) is 18.6 Å². The zero-order chi connectivity index (χ0) is 39.2. The molecule has 2 aromatic rings. The second kappa shape index (κ2) is 20.5. The molecule has 2 aliphatic rings. The lowest BCUT2D eigenvalue weighted by molar-refractivity contribution is -0.127. The van der Waals surface area contributed by atoms with Gasteiger partial charge in [0.2, 0.25) is 0 Å². The number of ether oxygens (including phenoxy) is 4. The van der Waals surface area contributed by atoms with Gasteiger partial charge in [-0.1, -0.05) is 37.3 Å². The average molecular weight is 743 g/mol. The number of esters is 2. The van der Waals surface area contributed by atoms with E-state index in [1.54, 1.807) is 32.1 Å². The normalized spacial score (nSPS) is 27.8. The molecule has 0 saturated heterocycles. The highest BCUT2D eigenvalue weighted by Crippen LogP contribution is 2.32. The van der Waals surface area contributed by atoms with E-state index in [-0.39, 0.29) is 66.3 Å². The second-order valence-electron chi connectivity index (χ2n) is 13.1. The summed E-state index contributed by atoms with van der Waals surface area (Å²) in [7, 11) is 1.48. The number of ketones is 1. The number of hydrogen-bond donors (Lipinski definition) is 7. The molecule has 2 heterocycles. The Morgan fingerprint density at radius 3 is 1.91 bits per heavy atom. The molecule has 53 heavy (non-hydrogen) atoms. The van der Waals surface area contributed by atoms with E-state index in [0.29, 0.717) is 24.2 Å². The maximum Gasteiger partial charge on any atom is 0.342 e. The minimum Gasteiger partial charge on any atom is -0.508 e. The van der Waals surface area contributed by atoms with Gasteiger partial charge >= 0.3 is 11.9 Å². The van der Waals surface area contributed by atoms with E-state index < -0.39 is 54.0 Å². The topological polar surface area (TPSA) is 230 Å². The van der Waals surface area contributed by atoms with Gasteiger partial charge in [0.25, 0.3) is 0 Å². The quantitative estimate of drug-likeness (QED) is 0.173. The van der Waals surface area contributed by atoms with Crippen molar-refractivity contribution >= 4 is 29.9 Å². The van der Waals surface area contributed by atoms with Crippen molar-refractivity contribution in [1.29, 1.82) is 0 Å². The summed E-state index contributed by atoms with van der Waals surface area (Å²) < 4.78 is 21.0. The van der Waals surface area contributed by atoms with E-state index in [2.05, 4.69) is 0 Å². The monoisotopic (exact) mass is 742 g/mol. The van der Waals surface area contributed by atoms with E-state index in [9.17, 15) is 50.1 Å². The highest BCUT2D eigenvalue weighted by molar-refractivity contribution is 5.98. The van der Waals surface area contributed by atoms with Crippen molar-refractivity contribution in [3.8, 4) is 23.0 Å². The molecular formula is C39H50O14. The fourth-order valence-corrected chi connectivity index (χ4v) is 5.64. The number of carbonyl (C=O) groups is 3. The number of aromatic hydroxyl groups is 3. The first-order valence-corrected chi connectivity index (χ1v) is 17.3. The van der Waals surface area contributed by atoms with Gasteiger partial charge in [-0.05, 0) is 81.2 Å². The number of carbonyl (C=O) groups excluding carboxylic acids is 3. The fraction of sp³-hybridized carbons (Fsp3) is 0.462. The van der Waals surface area contributed by atoms with Crippen LogP contribution < -0.4 is 4.74 Å². The molecule has 0 saturated carbocycles. The minimum atomic E-state index is -1.57. The number of aliphatic hydroxyl groups is 4. The molecule has 7 atom stereocenters. The van der Waals surface area contributed by atoms with Gasteiger partial charge in [-0.3, -0.25) is 4.79 Å². The maximum absolute atomic E-state index is 12.6. The van der Waals surface area contributed by atoms with Crippen LogP contribution in [0.4, 0.5) is 0 Å². The molecule has 2 aliphatic heterocycles. The fourth-order valence-electron chi connectivity index (χ4n) is 5.64. The number of cyclic esters (lactones) is 2. The summed E-state index contributed by atoms with van der Waals surface area (Å²) in [5.41, 5.74) is 0.506. The van der Waals surface area contributed by atoms with Gasteiger partial charge in [-0.15, -0.1) is 0 Å². The van der Waals surface area contributed by atoms with Gasteiger partial charge in [0, 0.05) is 25.7 Å². The standard InChI is InChI=1S/C21H30O7.C18H20O7/c1-13-6-4-7-14(2)28-21(25)19-15(8-5-9-17(22)20(13)24)10-16(11-18(19)23)27-12-26-3;1-10-4-2-6-13(20)17(23)14(21)7-3-5-11-8-12(19)9-15(22)16(11)18(24)25-10/h5,8,10-11,13-14,17,20,22-24H,4,6-7,9,12H2,1-3H3;2-3,5-6,8-10,14,17,19,21-23H,4,7H2,1H3/b8-5+;5-3+,6-2-/t13?,14-,17-,20+;10-,14-,17+/m00/s1. The van der Waals surface area contributed by atoms with Crippen LogP contribution in [-0.2, 0) is 19.0 Å². The summed E-state index contributed by atoms with van der Waals surface area (Å²) >= 11 is 0. The first-order valence-electron chi connectivity index (χ1n) is 17.3. The molecule has 14 nitrogen and oxygen atoms in total. The van der Waals surface area contributed by atoms with Crippen molar-refractivity contribution in [3.05, 3.63) is 70.8 Å². The Balaban J connectivity index is 0.000000287. The number of aliphatic hydroxyl groups excluding tert-OH is 4. The lowest BCUT2D eigenvalue weighted by Gasteiger charge is -2.24. The van der Waals surface area contributed by atoms with Gasteiger partial charge in [0.1, 0.15) is 46.3 Å². The molecule has 0 bridgehead atoms. The van der Waals surface area contributed by atoms with Crippen LogP contribution in [0.1, 0.15) is 91.1 Å². The number of rotatable bonds is 3. The molecule has 4 rings (SSSR count). The van der Waals surface area contributed by atoms with Crippen LogP contribution in [-0.4, -0.2) is 104 Å². The summed E-state index contributed by atoms with van der Waals surface area (Å²) in [5.74, 6) is -2.72. The van der Waals surface area contributed by atoms with Gasteiger partial charge < -0.3 is 54.7 Å². The highest BCUT2D eigenvalue weighted by Gasteiger charge is 2.26. The number of hydrogen-bond acceptors (Lipinski definition) is 14. The summed E-state index contributed by atoms with van der Waals surface area (Å²) in [6.45, 7) is 5.29. The number of benzene rings is 2. The van der Waals surface area contributed by atoms with Crippen molar-refractivity contribution in [2.45, 2.75) is 95.9 Å². The summed E-state index contributed by atoms with van der Waals surface area (Å²) in [6.07, 6.45) is 5.51. The Labute approximate surface area is 308 Å². The van der Waals surface area contributed by atoms with E-state index in [1.165, 1.54) is 37.5 Å². The minimum absolute atomic E-state index is 0.00772. The van der Waals surface area contributed by atoms with Crippen LogP contribution in [0.5, 0.6) is 23.0 Å². The molecule has 0 spiro atoms. The lowest BCUT2D eigenvalue weighted by Crippen LogP contribution is -2.32. The van der Waals surface area contributed by atoms with Crippen molar-refractivity contribution < 1.29 is 69.1 Å². The molecule has 0 amide bonds. The third-order valence-electron chi connectivity index (χ3n) is 8.63. The zero-order valence-corrected chi connectivity index (χ0v) is 30.3. The Hall–Kier alpha value is -4.73. The molecule has 1 unspecified atom stereocenters. The maximum atomic E-state index is 12.6. The second-order valence-corrected chi connectivity index (χ2v) is 13.1. The van der Waals surface area contributed by atoms with Crippen LogP contribution in [0, 0.1) is 5.92 Å². The van der Waals surface area contributed by atoms with Crippen LogP contribution in [0.3, 0.4) is 0 Å². The Bertz CT molecular complexity index is 1650. The predicted octanol–water partition coefficient (Wildman–Crippen LogP) is 4.16. The van der Waals surface area contributed by atoms with Crippen molar-refractivity contribution in [3.63, 3.8) is 0 Å². The van der Waals surface area contributed by atoms with E-state index >= 15 is 0 Å². The SMILES string of the molecule is COCOc1cc(O)c2c(c1)/C=C/C[C@H](O)[C@H](O)C(C)CCC[C@H](C)OC2=O.C[C@H]1C/C=C\C(=O)[C@@H](O)[C@@H](O)C/C=C/c2cc(O)cc(O)c2C(=O)O1. The predicted molar refractivity (Wildman–Crippen MR) is 193 cm³/mol. The molecule has 0 aromatic heterocycles. The highest BCUT2D eigenvalue weighted by atomic mass is 16.7. The molecule has 7 N–H and O–H groups in total. The lowest BCUT2D eigenvalue weighted by atomic mass is 9.92. The Morgan fingerprint density at radius 1 is 0.698 bits per heavy atom. The smallest absolute Gasteiger partial charge is 0.342 e. The molecule has 290 valence electrons. The van der Waals surface area contributed by atoms with Crippen LogP contribution >= 0.6 is 0 Å². The number of methoxy groups -OCH3 is 1. The molecule has 0 aliphatic carbocycles. The Kier molecular flexibility index (Phi) is 16.5. The van der Waals surface area contributed by atoms with Crippen LogP contribution in [0.15, 0.2) is 48.6 Å². The van der Waals surface area contributed by atoms with Gasteiger partial charge in [-0.2, -0.15) is 0 Å². The summed E-state index contributed by atoms with van der Waals surface area (Å²) in [6, 6.07) is 5.21. The van der Waals surface area contributed by atoms with Gasteiger partial charge in [0.15, 0.2) is 12.6 Å². The number of phenolic OH excluding ortho intramolecular Hbond substituents is 3. The average Bonchev–Trinajstić information content (AvgIpc) is 3.08. The third-order valence-corrected chi connectivity index (χ3v) is 8.63. The van der Waals surface area contributed by atoms with Gasteiger partial charge in [0.05, 0.1) is 24.4 Å². The van der Waals surface area contributed by atoms with E-state index in [1.807, 2.05) is 6.92 Å². The van der Waals surface area contributed by atoms with Crippen LogP contribution in [0.25, 0.3) is 12.2 Å². The van der Waals surface area contributed by atoms with Crippen molar-refractivity contribution in [2.75, 3.05) is 13.9 Å². The molecule has 0 fully saturated rings. The number of fused-ring (bicyclic) bond motifs is 2. The van der Waals surface area contributed by atoms with Crippen LogP contribution in [0.2, 0.25) is 0 Å². The number of phenols is 3. The van der Waals surface area contributed by atoms with Crippen molar-refractivity contribution in [2.24, 2.45) is 5.92 Å². The largest absolute Gasteiger partial charge is 0.508 e. The molecule has 0 radical (unpaired) electrons. The summed E-state index contributed by atoms with van der Waals surface area (Å²) in [4.78, 5) is 36.7. The molecule has 2 aromatic carbocycles. The molecular weight excluding hydrogens is 692 g/mol. The zero-order valence-electron chi connectivity index (χ0n) is 30.3. The molecule has 14 heteroatoms. The van der Waals surface area contributed by atoms with Crippen molar-refractivity contribution in [1.82, 2.24) is 0 Å². The first-order chi connectivity index (χ1) is 25.1. The van der Waals surface area contributed by atoms with E-state index in [4.69, 9.17) is 18.9 Å². The van der Waals surface area contributed by atoms with Gasteiger partial charge in [-0.25, -0.2) is 9.59 Å².